The normalized spacial score (nSPS) is 15.7. The number of anilines is 1. The zero-order valence-corrected chi connectivity index (χ0v) is 12.0. The number of hydrogen-bond donors (Lipinski definition) is 3. The molecule has 0 aliphatic heterocycles. The first kappa shape index (κ1) is 14.9. The summed E-state index contributed by atoms with van der Waals surface area (Å²) in [6, 6.07) is 1.67. The van der Waals surface area contributed by atoms with Crippen molar-refractivity contribution in [2.24, 2.45) is 10.9 Å². The summed E-state index contributed by atoms with van der Waals surface area (Å²) in [5.74, 6) is -0.661. The highest BCUT2D eigenvalue weighted by molar-refractivity contribution is 7.89. The van der Waals surface area contributed by atoms with E-state index in [9.17, 15) is 18.3 Å². The van der Waals surface area contributed by atoms with Crippen LogP contribution >= 0.6 is 11.6 Å². The summed E-state index contributed by atoms with van der Waals surface area (Å²) >= 11 is 5.74. The van der Waals surface area contributed by atoms with Crippen LogP contribution in [0.15, 0.2) is 17.0 Å². The maximum Gasteiger partial charge on any atom is 0.319 e. The number of phenols is 1. The summed E-state index contributed by atoms with van der Waals surface area (Å²) in [6.45, 7) is 0. The smallest absolute Gasteiger partial charge is 0.319 e. The van der Waals surface area contributed by atoms with Crippen molar-refractivity contribution in [2.45, 2.75) is 30.2 Å². The van der Waals surface area contributed by atoms with Gasteiger partial charge in [0.05, 0.1) is 10.7 Å². The third kappa shape index (κ3) is 2.54. The predicted molar refractivity (Wildman–Crippen MR) is 74.2 cm³/mol. The van der Waals surface area contributed by atoms with Gasteiger partial charge in [-0.2, -0.15) is 0 Å². The fourth-order valence-electron chi connectivity index (χ4n) is 2.14. The summed E-state index contributed by atoms with van der Waals surface area (Å²) in [5, 5.41) is 14.9. The monoisotopic (exact) mass is 319 g/mol. The molecule has 9 heteroatoms. The first-order valence-corrected chi connectivity index (χ1v) is 7.79. The molecule has 0 saturated heterocycles. The van der Waals surface area contributed by atoms with Gasteiger partial charge in [-0.25, -0.2) is 18.4 Å². The molecule has 0 unspecified atom stereocenters. The van der Waals surface area contributed by atoms with Crippen molar-refractivity contribution in [3.8, 4) is 5.75 Å². The van der Waals surface area contributed by atoms with Crippen molar-refractivity contribution in [3.63, 3.8) is 0 Å². The van der Waals surface area contributed by atoms with E-state index in [0.717, 1.165) is 19.3 Å². The Kier molecular flexibility index (Phi) is 3.81. The van der Waals surface area contributed by atoms with Gasteiger partial charge in [-0.3, -0.25) is 4.90 Å². The molecule has 1 aliphatic carbocycles. The molecule has 1 aliphatic rings. The average molecular weight is 320 g/mol. The maximum atomic E-state index is 11.6. The van der Waals surface area contributed by atoms with Gasteiger partial charge in [-0.1, -0.05) is 11.6 Å². The number of primary amides is 1. The van der Waals surface area contributed by atoms with Crippen LogP contribution in [0.5, 0.6) is 5.75 Å². The number of phenolic OH excluding ortho intramolecular Hbond substituents is 1. The number of nitrogens with zero attached hydrogens (tertiary/aromatic N) is 1. The van der Waals surface area contributed by atoms with Crippen molar-refractivity contribution in [1.82, 2.24) is 0 Å². The summed E-state index contributed by atoms with van der Waals surface area (Å²) in [4.78, 5) is 12.1. The number of halogens is 1. The Morgan fingerprint density at radius 3 is 2.40 bits per heavy atom. The van der Waals surface area contributed by atoms with E-state index in [0.29, 0.717) is 0 Å². The molecule has 1 aromatic rings. The largest absolute Gasteiger partial charge is 0.504 e. The molecule has 0 bridgehead atoms. The zero-order valence-electron chi connectivity index (χ0n) is 10.4. The minimum absolute atomic E-state index is 0.00405. The summed E-state index contributed by atoms with van der Waals surface area (Å²) < 4.78 is 22.9. The number of sulfonamides is 1. The molecule has 110 valence electrons. The first-order chi connectivity index (χ1) is 9.23. The Balaban J connectivity index is 2.60. The second-order valence-corrected chi connectivity index (χ2v) is 6.49. The molecule has 0 aromatic heterocycles. The number of aromatic hydroxyl groups is 1. The van der Waals surface area contributed by atoms with Gasteiger partial charge < -0.3 is 10.8 Å². The fourth-order valence-corrected chi connectivity index (χ4v) is 3.33. The third-order valence-electron chi connectivity index (χ3n) is 3.28. The van der Waals surface area contributed by atoms with Crippen molar-refractivity contribution in [2.75, 3.05) is 4.90 Å². The first-order valence-electron chi connectivity index (χ1n) is 5.86. The van der Waals surface area contributed by atoms with Crippen molar-refractivity contribution in [3.05, 3.63) is 17.2 Å². The van der Waals surface area contributed by atoms with Gasteiger partial charge >= 0.3 is 6.03 Å². The number of urea groups is 1. The summed E-state index contributed by atoms with van der Waals surface area (Å²) in [7, 11) is -4.22. The molecule has 2 amide bonds. The van der Waals surface area contributed by atoms with Gasteiger partial charge in [0, 0.05) is 6.04 Å². The minimum atomic E-state index is -4.22. The number of rotatable bonds is 3. The van der Waals surface area contributed by atoms with E-state index < -0.39 is 26.7 Å². The van der Waals surface area contributed by atoms with E-state index in [1.807, 2.05) is 0 Å². The Hall–Kier alpha value is -1.51. The molecule has 0 radical (unpaired) electrons. The number of carbonyl (C=O) groups excluding carboxylic acids is 1. The van der Waals surface area contributed by atoms with Crippen LogP contribution in [0.1, 0.15) is 19.3 Å². The van der Waals surface area contributed by atoms with Gasteiger partial charge in [0.1, 0.15) is 4.90 Å². The topological polar surface area (TPSA) is 127 Å². The van der Waals surface area contributed by atoms with Crippen LogP contribution in [0.2, 0.25) is 5.02 Å². The Labute approximate surface area is 121 Å². The second-order valence-electron chi connectivity index (χ2n) is 4.58. The fraction of sp³-hybridized carbons (Fsp3) is 0.364. The van der Waals surface area contributed by atoms with Crippen LogP contribution in [0.4, 0.5) is 10.5 Å². The lowest BCUT2D eigenvalue weighted by atomic mass is 9.91. The van der Waals surface area contributed by atoms with Crippen LogP contribution in [0.25, 0.3) is 0 Å². The lowest BCUT2D eigenvalue weighted by Crippen LogP contribution is -2.47. The van der Waals surface area contributed by atoms with E-state index in [2.05, 4.69) is 0 Å². The van der Waals surface area contributed by atoms with Crippen molar-refractivity contribution < 1.29 is 18.3 Å². The van der Waals surface area contributed by atoms with E-state index in [4.69, 9.17) is 22.5 Å². The van der Waals surface area contributed by atoms with Gasteiger partial charge in [0.2, 0.25) is 10.0 Å². The molecule has 1 fully saturated rings. The van der Waals surface area contributed by atoms with E-state index in [1.54, 1.807) is 0 Å². The lowest BCUT2D eigenvalue weighted by molar-refractivity contribution is 0.246. The van der Waals surface area contributed by atoms with Crippen LogP contribution < -0.4 is 15.8 Å². The number of amides is 2. The molecule has 1 aromatic carbocycles. The molecule has 5 N–H and O–H groups in total. The van der Waals surface area contributed by atoms with Gasteiger partial charge in [-0.15, -0.1) is 0 Å². The molecule has 0 atom stereocenters. The maximum absolute atomic E-state index is 11.6. The van der Waals surface area contributed by atoms with E-state index in [-0.39, 0.29) is 16.8 Å². The molecule has 2 rings (SSSR count). The Morgan fingerprint density at radius 1 is 1.40 bits per heavy atom. The molecular formula is C11H14ClN3O4S. The van der Waals surface area contributed by atoms with Crippen LogP contribution in [-0.2, 0) is 10.0 Å². The van der Waals surface area contributed by atoms with Crippen LogP contribution in [-0.4, -0.2) is 25.6 Å². The zero-order chi connectivity index (χ0) is 15.1. The average Bonchev–Trinajstić information content (AvgIpc) is 2.22. The molecule has 7 nitrogen and oxygen atoms in total. The van der Waals surface area contributed by atoms with Crippen LogP contribution in [0, 0.1) is 0 Å². The van der Waals surface area contributed by atoms with Crippen molar-refractivity contribution >= 4 is 33.3 Å². The SMILES string of the molecule is NC(=O)N(c1ccc(Cl)c(S(N)(=O)=O)c1O)C1CCC1. The number of benzene rings is 1. The highest BCUT2D eigenvalue weighted by Crippen LogP contribution is 2.41. The highest BCUT2D eigenvalue weighted by atomic mass is 35.5. The van der Waals surface area contributed by atoms with E-state index >= 15 is 0 Å². The molecule has 1 saturated carbocycles. The number of nitrogens with two attached hydrogens (primary N) is 2. The molecular weight excluding hydrogens is 306 g/mol. The minimum Gasteiger partial charge on any atom is -0.504 e. The van der Waals surface area contributed by atoms with E-state index in [1.165, 1.54) is 17.0 Å². The molecule has 0 heterocycles. The Morgan fingerprint density at radius 2 is 2.00 bits per heavy atom. The van der Waals surface area contributed by atoms with Crippen LogP contribution in [0.3, 0.4) is 0 Å². The Bertz CT molecular complexity index is 658. The quantitative estimate of drug-likeness (QED) is 0.771. The summed E-state index contributed by atoms with van der Waals surface area (Å²) in [5.41, 5.74) is 5.30. The highest BCUT2D eigenvalue weighted by Gasteiger charge is 2.32. The third-order valence-corrected chi connectivity index (χ3v) is 4.69. The second kappa shape index (κ2) is 5.12. The predicted octanol–water partition coefficient (Wildman–Crippen LogP) is 1.13. The van der Waals surface area contributed by atoms with Gasteiger partial charge in [-0.05, 0) is 31.4 Å². The van der Waals surface area contributed by atoms with Gasteiger partial charge in [0.15, 0.2) is 5.75 Å². The molecule has 0 spiro atoms. The van der Waals surface area contributed by atoms with Gasteiger partial charge in [0.25, 0.3) is 0 Å². The number of hydrogen-bond acceptors (Lipinski definition) is 4. The molecule has 20 heavy (non-hydrogen) atoms. The standard InChI is InChI=1S/C11H14ClN3O4S/c12-7-4-5-8(9(16)10(7)20(14,18)19)15(11(13)17)6-2-1-3-6/h4-6,16H,1-3H2,(H2,13,17)(H2,14,18,19). The number of primary sulfonamides is 1. The lowest BCUT2D eigenvalue weighted by Gasteiger charge is -2.36. The van der Waals surface area contributed by atoms with Crippen molar-refractivity contribution in [1.29, 1.82) is 0 Å². The summed E-state index contributed by atoms with van der Waals surface area (Å²) in [6.07, 6.45) is 2.40. The number of carbonyl (C=O) groups is 1.